The van der Waals surface area contributed by atoms with Crippen LogP contribution in [0.4, 0.5) is 4.39 Å². The van der Waals surface area contributed by atoms with Gasteiger partial charge in [-0.3, -0.25) is 9.59 Å². The van der Waals surface area contributed by atoms with E-state index < -0.39 is 29.1 Å². The van der Waals surface area contributed by atoms with Crippen molar-refractivity contribution in [2.45, 2.75) is 26.3 Å². The van der Waals surface area contributed by atoms with Gasteiger partial charge < -0.3 is 15.7 Å². The minimum atomic E-state index is -0.835. The third-order valence-corrected chi connectivity index (χ3v) is 2.51. The second-order valence-electron chi connectivity index (χ2n) is 4.12. The largest absolute Gasteiger partial charge is 0.507 e. The first-order valence-electron chi connectivity index (χ1n) is 6.03. The van der Waals surface area contributed by atoms with E-state index in [-0.39, 0.29) is 5.91 Å². The van der Waals surface area contributed by atoms with Crippen LogP contribution in [-0.4, -0.2) is 29.5 Å². The Bertz CT molecular complexity index is 457. The lowest BCUT2D eigenvalue weighted by atomic mass is 10.1. The van der Waals surface area contributed by atoms with E-state index in [9.17, 15) is 19.1 Å². The summed E-state index contributed by atoms with van der Waals surface area (Å²) in [4.78, 5) is 23.3. The summed E-state index contributed by atoms with van der Waals surface area (Å²) in [6, 6.07) is 2.76. The van der Waals surface area contributed by atoms with Crippen LogP contribution in [0.15, 0.2) is 18.2 Å². The molecule has 1 aromatic rings. The van der Waals surface area contributed by atoms with Crippen LogP contribution in [0.25, 0.3) is 0 Å². The van der Waals surface area contributed by atoms with Crippen LogP contribution < -0.4 is 10.6 Å². The number of phenols is 1. The van der Waals surface area contributed by atoms with Gasteiger partial charge >= 0.3 is 0 Å². The van der Waals surface area contributed by atoms with Crippen molar-refractivity contribution in [1.29, 1.82) is 0 Å². The molecule has 1 rings (SSSR count). The predicted octanol–water partition coefficient (Wildman–Crippen LogP) is 1.18. The molecule has 0 radical (unpaired) electrons. The summed E-state index contributed by atoms with van der Waals surface area (Å²) in [5.74, 6) is -2.47. The second kappa shape index (κ2) is 6.72. The van der Waals surface area contributed by atoms with E-state index in [1.807, 2.05) is 6.92 Å². The molecular formula is C13H17FN2O3. The lowest BCUT2D eigenvalue weighted by Crippen LogP contribution is -2.45. The van der Waals surface area contributed by atoms with Crippen molar-refractivity contribution >= 4 is 11.8 Å². The molecule has 0 fully saturated rings. The van der Waals surface area contributed by atoms with Crippen molar-refractivity contribution in [3.05, 3.63) is 29.6 Å². The molecule has 0 aromatic heterocycles. The SMILES string of the molecule is CCCNC(=O)C(C)NC(=O)c1c(O)cccc1F. The molecule has 0 aliphatic carbocycles. The predicted molar refractivity (Wildman–Crippen MR) is 68.3 cm³/mol. The second-order valence-corrected chi connectivity index (χ2v) is 4.12. The van der Waals surface area contributed by atoms with Crippen molar-refractivity contribution in [2.75, 3.05) is 6.54 Å². The van der Waals surface area contributed by atoms with E-state index in [0.29, 0.717) is 6.54 Å². The summed E-state index contributed by atoms with van der Waals surface area (Å²) in [7, 11) is 0. The molecule has 0 spiro atoms. The minimum absolute atomic E-state index is 0.356. The molecule has 19 heavy (non-hydrogen) atoms. The van der Waals surface area contributed by atoms with Gasteiger partial charge in [0.25, 0.3) is 5.91 Å². The Kier molecular flexibility index (Phi) is 5.29. The van der Waals surface area contributed by atoms with Crippen LogP contribution in [0.2, 0.25) is 0 Å². The Morgan fingerprint density at radius 3 is 2.68 bits per heavy atom. The number of hydrogen-bond donors (Lipinski definition) is 3. The fourth-order valence-electron chi connectivity index (χ4n) is 1.47. The highest BCUT2D eigenvalue weighted by molar-refractivity contribution is 5.99. The quantitative estimate of drug-likeness (QED) is 0.750. The first-order chi connectivity index (χ1) is 8.97. The van der Waals surface area contributed by atoms with Crippen molar-refractivity contribution < 1.29 is 19.1 Å². The number of nitrogens with one attached hydrogen (secondary N) is 2. The Balaban J connectivity index is 2.72. The topological polar surface area (TPSA) is 78.4 Å². The molecule has 3 N–H and O–H groups in total. The number of halogens is 1. The molecule has 0 aliphatic rings. The highest BCUT2D eigenvalue weighted by atomic mass is 19.1. The highest BCUT2D eigenvalue weighted by Crippen LogP contribution is 2.19. The van der Waals surface area contributed by atoms with E-state index in [1.54, 1.807) is 0 Å². The molecule has 0 saturated heterocycles. The van der Waals surface area contributed by atoms with Crippen LogP contribution in [0, 0.1) is 5.82 Å². The van der Waals surface area contributed by atoms with E-state index in [1.165, 1.54) is 19.1 Å². The summed E-state index contributed by atoms with van der Waals surface area (Å²) < 4.78 is 13.4. The molecule has 104 valence electrons. The number of carbonyl (C=O) groups excluding carboxylic acids is 2. The zero-order valence-electron chi connectivity index (χ0n) is 10.9. The van der Waals surface area contributed by atoms with Crippen LogP contribution >= 0.6 is 0 Å². The molecule has 1 unspecified atom stereocenters. The molecule has 0 aliphatic heterocycles. The van der Waals surface area contributed by atoms with E-state index in [0.717, 1.165) is 12.5 Å². The maximum Gasteiger partial charge on any atom is 0.258 e. The molecule has 6 heteroatoms. The summed E-state index contributed by atoms with van der Waals surface area (Å²) in [6.07, 6.45) is 0.778. The summed E-state index contributed by atoms with van der Waals surface area (Å²) in [6.45, 7) is 3.89. The van der Waals surface area contributed by atoms with Gasteiger partial charge in [-0.1, -0.05) is 13.0 Å². The number of aromatic hydroxyl groups is 1. The number of phenolic OH excluding ortho intramolecular Hbond substituents is 1. The molecule has 1 atom stereocenters. The van der Waals surface area contributed by atoms with Gasteiger partial charge in [0, 0.05) is 6.54 Å². The number of amides is 2. The Morgan fingerprint density at radius 2 is 2.11 bits per heavy atom. The van der Waals surface area contributed by atoms with Crippen molar-refractivity contribution in [3.63, 3.8) is 0 Å². The number of carbonyl (C=O) groups is 2. The van der Waals surface area contributed by atoms with Crippen molar-refractivity contribution in [3.8, 4) is 5.75 Å². The van der Waals surface area contributed by atoms with Gasteiger partial charge in [0.15, 0.2) is 0 Å². The zero-order valence-corrected chi connectivity index (χ0v) is 10.9. The Hall–Kier alpha value is -2.11. The molecule has 0 saturated carbocycles. The maximum atomic E-state index is 13.4. The summed E-state index contributed by atoms with van der Waals surface area (Å²) in [5.41, 5.74) is -0.461. The van der Waals surface area contributed by atoms with E-state index >= 15 is 0 Å². The molecular weight excluding hydrogens is 251 g/mol. The fraction of sp³-hybridized carbons (Fsp3) is 0.385. The molecule has 0 bridgehead atoms. The third-order valence-electron chi connectivity index (χ3n) is 2.51. The molecule has 5 nitrogen and oxygen atoms in total. The van der Waals surface area contributed by atoms with Gasteiger partial charge in [-0.2, -0.15) is 0 Å². The minimum Gasteiger partial charge on any atom is -0.507 e. The fourth-order valence-corrected chi connectivity index (χ4v) is 1.47. The smallest absolute Gasteiger partial charge is 0.258 e. The number of hydrogen-bond acceptors (Lipinski definition) is 3. The van der Waals surface area contributed by atoms with Gasteiger partial charge in [-0.25, -0.2) is 4.39 Å². The zero-order chi connectivity index (χ0) is 14.4. The van der Waals surface area contributed by atoms with E-state index in [4.69, 9.17) is 0 Å². The standard InChI is InChI=1S/C13H17FN2O3/c1-3-7-15-12(18)8(2)16-13(19)11-9(14)5-4-6-10(11)17/h4-6,8,17H,3,7H2,1-2H3,(H,15,18)(H,16,19). The number of rotatable bonds is 5. The molecule has 2 amide bonds. The van der Waals surface area contributed by atoms with Gasteiger partial charge in [0.2, 0.25) is 5.91 Å². The normalized spacial score (nSPS) is 11.7. The van der Waals surface area contributed by atoms with E-state index in [2.05, 4.69) is 10.6 Å². The van der Waals surface area contributed by atoms with Crippen LogP contribution in [-0.2, 0) is 4.79 Å². The maximum absolute atomic E-state index is 13.4. The van der Waals surface area contributed by atoms with Gasteiger partial charge in [-0.05, 0) is 25.5 Å². The van der Waals surface area contributed by atoms with Crippen LogP contribution in [0.5, 0.6) is 5.75 Å². The highest BCUT2D eigenvalue weighted by Gasteiger charge is 2.21. The Morgan fingerprint density at radius 1 is 1.42 bits per heavy atom. The Labute approximate surface area is 110 Å². The lowest BCUT2D eigenvalue weighted by Gasteiger charge is -2.14. The van der Waals surface area contributed by atoms with Crippen LogP contribution in [0.3, 0.4) is 0 Å². The van der Waals surface area contributed by atoms with Gasteiger partial charge in [0.1, 0.15) is 23.2 Å². The molecule has 0 heterocycles. The number of benzene rings is 1. The van der Waals surface area contributed by atoms with Crippen LogP contribution in [0.1, 0.15) is 30.6 Å². The average molecular weight is 268 g/mol. The first kappa shape index (κ1) is 14.9. The monoisotopic (exact) mass is 268 g/mol. The lowest BCUT2D eigenvalue weighted by molar-refractivity contribution is -0.122. The van der Waals surface area contributed by atoms with Gasteiger partial charge in [0.05, 0.1) is 0 Å². The van der Waals surface area contributed by atoms with Crippen molar-refractivity contribution in [2.24, 2.45) is 0 Å². The average Bonchev–Trinajstić information content (AvgIpc) is 2.35. The molecule has 1 aromatic carbocycles. The van der Waals surface area contributed by atoms with Crippen molar-refractivity contribution in [1.82, 2.24) is 10.6 Å². The summed E-state index contributed by atoms with van der Waals surface area (Å²) in [5, 5.41) is 14.4. The first-order valence-corrected chi connectivity index (χ1v) is 6.03. The van der Waals surface area contributed by atoms with Gasteiger partial charge in [-0.15, -0.1) is 0 Å². The third kappa shape index (κ3) is 3.94. The summed E-state index contributed by atoms with van der Waals surface area (Å²) >= 11 is 0.